The van der Waals surface area contributed by atoms with Gasteiger partial charge in [-0.3, -0.25) is 4.68 Å². The quantitative estimate of drug-likeness (QED) is 0.831. The third-order valence-corrected chi connectivity index (χ3v) is 3.39. The molecule has 0 amide bonds. The summed E-state index contributed by atoms with van der Waals surface area (Å²) in [6.07, 6.45) is 2.23. The van der Waals surface area contributed by atoms with E-state index in [2.05, 4.69) is 28.4 Å². The smallest absolute Gasteiger partial charge is 0.142 e. The summed E-state index contributed by atoms with van der Waals surface area (Å²) in [5.74, 6) is 0.861. The van der Waals surface area contributed by atoms with Crippen molar-refractivity contribution in [2.75, 3.05) is 25.5 Å². The van der Waals surface area contributed by atoms with Gasteiger partial charge in [0.25, 0.3) is 0 Å². The Morgan fingerprint density at radius 2 is 2.00 bits per heavy atom. The summed E-state index contributed by atoms with van der Waals surface area (Å²) in [7, 11) is 4.02. The molecule has 1 aliphatic rings. The summed E-state index contributed by atoms with van der Waals surface area (Å²) in [6.45, 7) is 4.09. The van der Waals surface area contributed by atoms with Crippen molar-refractivity contribution in [3.05, 3.63) is 11.3 Å². The lowest BCUT2D eigenvalue weighted by Crippen LogP contribution is -2.37. The van der Waals surface area contributed by atoms with Crippen molar-refractivity contribution in [3.63, 3.8) is 0 Å². The highest BCUT2D eigenvalue weighted by Gasteiger charge is 2.20. The Bertz CT molecular complexity index is 434. The van der Waals surface area contributed by atoms with E-state index < -0.39 is 0 Å². The monoisotopic (exact) mass is 233 g/mol. The minimum Gasteiger partial charge on any atom is -0.366 e. The van der Waals surface area contributed by atoms with E-state index in [1.54, 1.807) is 4.68 Å². The number of aryl methyl sites for hydroxylation is 2. The molecule has 5 heteroatoms. The molecular weight excluding hydrogens is 214 g/mol. The molecular formula is C12H19N5. The van der Waals surface area contributed by atoms with Crippen LogP contribution in [0.5, 0.6) is 0 Å². The van der Waals surface area contributed by atoms with Crippen molar-refractivity contribution in [3.8, 4) is 6.07 Å². The molecule has 0 atom stereocenters. The predicted molar refractivity (Wildman–Crippen MR) is 66.8 cm³/mol. The first-order chi connectivity index (χ1) is 8.11. The van der Waals surface area contributed by atoms with Gasteiger partial charge in [0.1, 0.15) is 17.5 Å². The Morgan fingerprint density at radius 3 is 2.59 bits per heavy atom. The van der Waals surface area contributed by atoms with Crippen LogP contribution >= 0.6 is 0 Å². The molecule has 2 rings (SSSR count). The van der Waals surface area contributed by atoms with E-state index in [0.29, 0.717) is 11.6 Å². The normalized spacial score (nSPS) is 18.0. The minimum absolute atomic E-state index is 0.452. The Balaban J connectivity index is 2.11. The first kappa shape index (κ1) is 11.9. The third-order valence-electron chi connectivity index (χ3n) is 3.39. The topological polar surface area (TPSA) is 56.9 Å². The van der Waals surface area contributed by atoms with Crippen LogP contribution in [-0.2, 0) is 7.05 Å². The van der Waals surface area contributed by atoms with Gasteiger partial charge in [0.05, 0.1) is 5.69 Å². The Kier molecular flexibility index (Phi) is 3.34. The highest BCUT2D eigenvalue weighted by Crippen LogP contribution is 2.21. The number of aromatic nitrogens is 2. The third kappa shape index (κ3) is 2.42. The van der Waals surface area contributed by atoms with Gasteiger partial charge in [-0.2, -0.15) is 10.4 Å². The molecule has 0 unspecified atom stereocenters. The van der Waals surface area contributed by atoms with E-state index in [1.165, 1.54) is 0 Å². The van der Waals surface area contributed by atoms with Crippen molar-refractivity contribution in [1.29, 1.82) is 5.26 Å². The molecule has 0 spiro atoms. The first-order valence-corrected chi connectivity index (χ1v) is 6.00. The molecule has 1 aromatic rings. The summed E-state index contributed by atoms with van der Waals surface area (Å²) < 4.78 is 1.77. The van der Waals surface area contributed by atoms with Crippen LogP contribution in [0.1, 0.15) is 24.1 Å². The van der Waals surface area contributed by atoms with Gasteiger partial charge in [0.15, 0.2) is 0 Å². The molecule has 0 bridgehead atoms. The van der Waals surface area contributed by atoms with Gasteiger partial charge < -0.3 is 10.2 Å². The number of rotatable bonds is 2. The number of piperidine rings is 1. The van der Waals surface area contributed by atoms with E-state index in [-0.39, 0.29) is 0 Å². The molecule has 1 saturated heterocycles. The molecule has 0 aromatic carbocycles. The zero-order chi connectivity index (χ0) is 12.4. The second-order valence-corrected chi connectivity index (χ2v) is 4.77. The van der Waals surface area contributed by atoms with E-state index in [0.717, 1.165) is 37.4 Å². The van der Waals surface area contributed by atoms with Crippen LogP contribution in [0.3, 0.4) is 0 Å². The summed E-state index contributed by atoms with van der Waals surface area (Å²) in [6, 6.07) is 2.68. The van der Waals surface area contributed by atoms with Crippen molar-refractivity contribution in [1.82, 2.24) is 14.7 Å². The lowest BCUT2D eigenvalue weighted by Gasteiger charge is -2.30. The number of nitrogens with zero attached hydrogens (tertiary/aromatic N) is 4. The summed E-state index contributed by atoms with van der Waals surface area (Å²) >= 11 is 0. The number of hydrogen-bond donors (Lipinski definition) is 1. The number of nitrogens with one attached hydrogen (secondary N) is 1. The van der Waals surface area contributed by atoms with Crippen molar-refractivity contribution < 1.29 is 0 Å². The fourth-order valence-corrected chi connectivity index (χ4v) is 2.30. The maximum atomic E-state index is 9.13. The molecule has 0 saturated carbocycles. The van der Waals surface area contributed by atoms with Gasteiger partial charge in [-0.05, 0) is 39.9 Å². The highest BCUT2D eigenvalue weighted by atomic mass is 15.3. The maximum Gasteiger partial charge on any atom is 0.142 e. The Labute approximate surface area is 102 Å². The average Bonchev–Trinajstić information content (AvgIpc) is 2.57. The fraction of sp³-hybridized carbons (Fsp3) is 0.667. The predicted octanol–water partition coefficient (Wildman–Crippen LogP) is 1.11. The van der Waals surface area contributed by atoms with Crippen LogP contribution in [-0.4, -0.2) is 40.9 Å². The van der Waals surface area contributed by atoms with Crippen LogP contribution in [0, 0.1) is 18.3 Å². The molecule has 1 N–H and O–H groups in total. The number of nitriles is 1. The standard InChI is InChI=1S/C12H19N5/c1-9-11(8-13)12(17(3)15-9)14-10-4-6-16(2)7-5-10/h10,14H,4-7H2,1-3H3. The van der Waals surface area contributed by atoms with Gasteiger partial charge in [-0.15, -0.1) is 0 Å². The Morgan fingerprint density at radius 1 is 1.35 bits per heavy atom. The SMILES string of the molecule is Cc1nn(C)c(NC2CCN(C)CC2)c1C#N. The fourth-order valence-electron chi connectivity index (χ4n) is 2.30. The molecule has 1 fully saturated rings. The first-order valence-electron chi connectivity index (χ1n) is 6.00. The van der Waals surface area contributed by atoms with E-state index in [1.807, 2.05) is 14.0 Å². The second kappa shape index (κ2) is 4.76. The van der Waals surface area contributed by atoms with Crippen LogP contribution < -0.4 is 5.32 Å². The average molecular weight is 233 g/mol. The van der Waals surface area contributed by atoms with Crippen LogP contribution in [0.25, 0.3) is 0 Å². The summed E-state index contributed by atoms with van der Waals surface area (Å²) in [5, 5.41) is 16.9. The van der Waals surface area contributed by atoms with Crippen LogP contribution in [0.2, 0.25) is 0 Å². The molecule has 5 nitrogen and oxygen atoms in total. The number of likely N-dealkylation sites (tertiary alicyclic amines) is 1. The van der Waals surface area contributed by atoms with Crippen molar-refractivity contribution in [2.45, 2.75) is 25.8 Å². The van der Waals surface area contributed by atoms with Gasteiger partial charge in [0.2, 0.25) is 0 Å². The number of anilines is 1. The molecule has 2 heterocycles. The second-order valence-electron chi connectivity index (χ2n) is 4.77. The van der Waals surface area contributed by atoms with Crippen LogP contribution in [0.15, 0.2) is 0 Å². The molecule has 17 heavy (non-hydrogen) atoms. The maximum absolute atomic E-state index is 9.13. The van der Waals surface area contributed by atoms with E-state index in [9.17, 15) is 0 Å². The van der Waals surface area contributed by atoms with Crippen molar-refractivity contribution >= 4 is 5.82 Å². The summed E-state index contributed by atoms with van der Waals surface area (Å²) in [5.41, 5.74) is 1.47. The van der Waals surface area contributed by atoms with E-state index in [4.69, 9.17) is 5.26 Å². The largest absolute Gasteiger partial charge is 0.366 e. The van der Waals surface area contributed by atoms with E-state index >= 15 is 0 Å². The molecule has 92 valence electrons. The molecule has 0 aliphatic carbocycles. The lowest BCUT2D eigenvalue weighted by molar-refractivity contribution is 0.263. The zero-order valence-corrected chi connectivity index (χ0v) is 10.7. The van der Waals surface area contributed by atoms with Crippen molar-refractivity contribution in [2.24, 2.45) is 7.05 Å². The van der Waals surface area contributed by atoms with Gasteiger partial charge in [-0.25, -0.2) is 0 Å². The number of hydrogen-bond acceptors (Lipinski definition) is 4. The summed E-state index contributed by atoms with van der Waals surface area (Å²) in [4.78, 5) is 2.33. The van der Waals surface area contributed by atoms with Gasteiger partial charge in [-0.1, -0.05) is 0 Å². The lowest BCUT2D eigenvalue weighted by atomic mass is 10.1. The van der Waals surface area contributed by atoms with Gasteiger partial charge >= 0.3 is 0 Å². The minimum atomic E-state index is 0.452. The Hall–Kier alpha value is -1.54. The highest BCUT2D eigenvalue weighted by molar-refractivity contribution is 5.55. The molecule has 1 aromatic heterocycles. The van der Waals surface area contributed by atoms with Crippen LogP contribution in [0.4, 0.5) is 5.82 Å². The molecule has 1 aliphatic heterocycles. The zero-order valence-electron chi connectivity index (χ0n) is 10.7. The molecule has 0 radical (unpaired) electrons. The van der Waals surface area contributed by atoms with Gasteiger partial charge in [0, 0.05) is 13.1 Å².